The zero-order chi connectivity index (χ0) is 8.10. The minimum atomic E-state index is 0.678. The van der Waals surface area contributed by atoms with Crippen molar-refractivity contribution < 1.29 is 0 Å². The van der Waals surface area contributed by atoms with Crippen LogP contribution >= 0.6 is 23.1 Å². The minimum absolute atomic E-state index is 0.678. The van der Waals surface area contributed by atoms with Crippen molar-refractivity contribution in [3.63, 3.8) is 0 Å². The lowest BCUT2D eigenvalue weighted by Crippen LogP contribution is -1.85. The van der Waals surface area contributed by atoms with Crippen LogP contribution in [-0.2, 0) is 5.75 Å². The molecule has 2 N–H and O–H groups in total. The normalized spacial score (nSPS) is 10.3. The summed E-state index contributed by atoms with van der Waals surface area (Å²) in [6.45, 7) is 2.18. The first-order valence-electron chi connectivity index (χ1n) is 3.60. The summed E-state index contributed by atoms with van der Waals surface area (Å²) in [6.07, 6.45) is 1.23. The van der Waals surface area contributed by atoms with Crippen LogP contribution in [0.1, 0.15) is 19.0 Å². The number of anilines is 1. The van der Waals surface area contributed by atoms with Crippen LogP contribution in [0, 0.1) is 0 Å². The molecular formula is C7H12N2S2. The van der Waals surface area contributed by atoms with Crippen LogP contribution in [0.3, 0.4) is 0 Å². The van der Waals surface area contributed by atoms with Crippen LogP contribution in [0.25, 0.3) is 0 Å². The standard InChI is InChI=1S/C7H12N2S2/c1-2-3-10-4-6-5-11-7(8)9-6/h5H,2-4H2,1H3,(H2,8,9). The number of rotatable bonds is 4. The van der Waals surface area contributed by atoms with Crippen molar-refractivity contribution in [2.75, 3.05) is 11.5 Å². The van der Waals surface area contributed by atoms with Crippen molar-refractivity contribution in [3.8, 4) is 0 Å². The maximum Gasteiger partial charge on any atom is 0.180 e. The monoisotopic (exact) mass is 188 g/mol. The molecule has 0 aliphatic heterocycles. The molecule has 62 valence electrons. The highest BCUT2D eigenvalue weighted by atomic mass is 32.2. The molecule has 11 heavy (non-hydrogen) atoms. The summed E-state index contributed by atoms with van der Waals surface area (Å²) in [5.41, 5.74) is 6.60. The highest BCUT2D eigenvalue weighted by Gasteiger charge is 1.97. The van der Waals surface area contributed by atoms with Gasteiger partial charge >= 0.3 is 0 Å². The smallest absolute Gasteiger partial charge is 0.180 e. The average Bonchev–Trinajstić information content (AvgIpc) is 2.37. The van der Waals surface area contributed by atoms with E-state index in [9.17, 15) is 0 Å². The van der Waals surface area contributed by atoms with E-state index in [2.05, 4.69) is 11.9 Å². The number of hydrogen-bond donors (Lipinski definition) is 1. The van der Waals surface area contributed by atoms with Crippen LogP contribution in [-0.4, -0.2) is 10.7 Å². The Bertz CT molecular complexity index is 210. The van der Waals surface area contributed by atoms with Crippen LogP contribution < -0.4 is 5.73 Å². The van der Waals surface area contributed by atoms with Crippen molar-refractivity contribution in [2.24, 2.45) is 0 Å². The first kappa shape index (κ1) is 8.87. The highest BCUT2D eigenvalue weighted by Crippen LogP contribution is 2.16. The van der Waals surface area contributed by atoms with Crippen molar-refractivity contribution in [1.29, 1.82) is 0 Å². The first-order chi connectivity index (χ1) is 5.33. The second-order valence-electron chi connectivity index (χ2n) is 2.23. The van der Waals surface area contributed by atoms with Crippen molar-refractivity contribution in [1.82, 2.24) is 4.98 Å². The van der Waals surface area contributed by atoms with Crippen LogP contribution in [0.2, 0.25) is 0 Å². The molecule has 0 spiro atoms. The molecule has 1 aromatic rings. The van der Waals surface area contributed by atoms with Gasteiger partial charge in [-0.1, -0.05) is 6.92 Å². The first-order valence-corrected chi connectivity index (χ1v) is 5.64. The SMILES string of the molecule is CCCSCc1csc(N)n1. The summed E-state index contributed by atoms with van der Waals surface area (Å²) < 4.78 is 0. The summed E-state index contributed by atoms with van der Waals surface area (Å²) in [4.78, 5) is 4.16. The molecule has 0 saturated heterocycles. The summed E-state index contributed by atoms with van der Waals surface area (Å²) in [6, 6.07) is 0. The third-order valence-corrected chi connectivity index (χ3v) is 3.09. The number of aromatic nitrogens is 1. The lowest BCUT2D eigenvalue weighted by molar-refractivity contribution is 1.10. The Balaban J connectivity index is 2.27. The van der Waals surface area contributed by atoms with E-state index < -0.39 is 0 Å². The largest absolute Gasteiger partial charge is 0.375 e. The number of thiazole rings is 1. The van der Waals surface area contributed by atoms with Crippen LogP contribution in [0.4, 0.5) is 5.13 Å². The molecule has 0 aliphatic carbocycles. The van der Waals surface area contributed by atoms with E-state index in [1.165, 1.54) is 23.5 Å². The summed E-state index contributed by atoms with van der Waals surface area (Å²) in [5, 5.41) is 2.70. The Morgan fingerprint density at radius 2 is 2.55 bits per heavy atom. The topological polar surface area (TPSA) is 38.9 Å². The quantitative estimate of drug-likeness (QED) is 0.737. The van der Waals surface area contributed by atoms with E-state index >= 15 is 0 Å². The molecule has 2 nitrogen and oxygen atoms in total. The number of nitrogen functional groups attached to an aromatic ring is 1. The van der Waals surface area contributed by atoms with Gasteiger partial charge in [0.25, 0.3) is 0 Å². The lowest BCUT2D eigenvalue weighted by Gasteiger charge is -1.93. The second kappa shape index (κ2) is 4.62. The minimum Gasteiger partial charge on any atom is -0.375 e. The predicted molar refractivity (Wildman–Crippen MR) is 53.0 cm³/mol. The Morgan fingerprint density at radius 3 is 3.09 bits per heavy atom. The average molecular weight is 188 g/mol. The Kier molecular flexibility index (Phi) is 3.72. The molecule has 0 bridgehead atoms. The number of hydrogen-bond acceptors (Lipinski definition) is 4. The van der Waals surface area contributed by atoms with Gasteiger partial charge in [0.15, 0.2) is 5.13 Å². The fourth-order valence-corrected chi connectivity index (χ4v) is 2.17. The van der Waals surface area contributed by atoms with Crippen LogP contribution in [0.15, 0.2) is 5.38 Å². The zero-order valence-electron chi connectivity index (χ0n) is 6.54. The molecule has 0 amide bonds. The van der Waals surface area contributed by atoms with Crippen molar-refractivity contribution >= 4 is 28.2 Å². The second-order valence-corrected chi connectivity index (χ2v) is 4.22. The van der Waals surface area contributed by atoms with Crippen molar-refractivity contribution in [3.05, 3.63) is 11.1 Å². The third-order valence-electron chi connectivity index (χ3n) is 1.17. The maximum atomic E-state index is 5.48. The molecule has 0 saturated carbocycles. The van der Waals surface area contributed by atoms with Gasteiger partial charge in [0, 0.05) is 11.1 Å². The predicted octanol–water partition coefficient (Wildman–Crippen LogP) is 2.37. The zero-order valence-corrected chi connectivity index (χ0v) is 8.17. The Hall–Kier alpha value is -0.220. The van der Waals surface area contributed by atoms with Gasteiger partial charge in [-0.3, -0.25) is 0 Å². The van der Waals surface area contributed by atoms with E-state index in [1.807, 2.05) is 17.1 Å². The molecule has 0 atom stereocenters. The Labute approximate surface area is 75.2 Å². The van der Waals surface area contributed by atoms with E-state index in [4.69, 9.17) is 5.73 Å². The molecular weight excluding hydrogens is 176 g/mol. The van der Waals surface area contributed by atoms with E-state index in [-0.39, 0.29) is 0 Å². The van der Waals surface area contributed by atoms with Gasteiger partial charge < -0.3 is 5.73 Å². The van der Waals surface area contributed by atoms with E-state index in [0.29, 0.717) is 5.13 Å². The number of thioether (sulfide) groups is 1. The third kappa shape index (κ3) is 3.12. The molecule has 0 aromatic carbocycles. The molecule has 0 radical (unpaired) electrons. The van der Waals surface area contributed by atoms with Crippen molar-refractivity contribution in [2.45, 2.75) is 19.1 Å². The number of nitrogens with two attached hydrogens (primary N) is 1. The molecule has 0 unspecified atom stereocenters. The summed E-state index contributed by atoms with van der Waals surface area (Å²) >= 11 is 3.42. The van der Waals surface area contributed by atoms with Gasteiger partial charge in [0.1, 0.15) is 0 Å². The molecule has 0 aliphatic rings. The lowest BCUT2D eigenvalue weighted by atomic mass is 10.6. The van der Waals surface area contributed by atoms with Crippen LogP contribution in [0.5, 0.6) is 0 Å². The van der Waals surface area contributed by atoms with E-state index in [1.54, 1.807) is 0 Å². The van der Waals surface area contributed by atoms with E-state index in [0.717, 1.165) is 11.4 Å². The van der Waals surface area contributed by atoms with Gasteiger partial charge in [0.2, 0.25) is 0 Å². The van der Waals surface area contributed by atoms with Gasteiger partial charge in [-0.25, -0.2) is 4.98 Å². The molecule has 1 aromatic heterocycles. The van der Waals surface area contributed by atoms with Gasteiger partial charge in [-0.05, 0) is 12.2 Å². The molecule has 1 rings (SSSR count). The molecule has 4 heteroatoms. The highest BCUT2D eigenvalue weighted by molar-refractivity contribution is 7.98. The van der Waals surface area contributed by atoms with Gasteiger partial charge in [0.05, 0.1) is 5.69 Å². The summed E-state index contributed by atoms with van der Waals surface area (Å²) in [5.74, 6) is 2.21. The maximum absolute atomic E-state index is 5.48. The fourth-order valence-electron chi connectivity index (χ4n) is 0.710. The molecule has 0 fully saturated rings. The fraction of sp³-hybridized carbons (Fsp3) is 0.571. The van der Waals surface area contributed by atoms with Gasteiger partial charge in [-0.2, -0.15) is 11.8 Å². The van der Waals surface area contributed by atoms with Gasteiger partial charge in [-0.15, -0.1) is 11.3 Å². The summed E-state index contributed by atoms with van der Waals surface area (Å²) in [7, 11) is 0. The number of nitrogens with zero attached hydrogens (tertiary/aromatic N) is 1. The molecule has 1 heterocycles. The Morgan fingerprint density at radius 1 is 1.73 bits per heavy atom.